The van der Waals surface area contributed by atoms with Crippen LogP contribution < -0.4 is 14.5 Å². The van der Waals surface area contributed by atoms with Crippen LogP contribution in [0.3, 0.4) is 0 Å². The molecule has 2 aliphatic heterocycles. The number of ether oxygens (including phenoxy) is 1. The number of allylic oxidation sites excluding steroid dienone is 2. The summed E-state index contributed by atoms with van der Waals surface area (Å²) in [6.45, 7) is 2.34. The molecule has 3 aliphatic rings. The molecule has 3 amide bonds. The minimum Gasteiger partial charge on any atom is -0.426 e. The molecule has 0 aromatic heterocycles. The van der Waals surface area contributed by atoms with Crippen LogP contribution in [0.2, 0.25) is 0 Å². The summed E-state index contributed by atoms with van der Waals surface area (Å²) in [5, 5.41) is 0. The molecule has 174 valence electrons. The van der Waals surface area contributed by atoms with E-state index < -0.39 is 11.9 Å². The summed E-state index contributed by atoms with van der Waals surface area (Å²) in [4.78, 5) is 53.6. The van der Waals surface area contributed by atoms with Gasteiger partial charge in [0, 0.05) is 18.7 Å². The van der Waals surface area contributed by atoms with E-state index >= 15 is 0 Å². The average Bonchev–Trinajstić information content (AvgIpc) is 3.37. The Kier molecular flexibility index (Phi) is 5.77. The van der Waals surface area contributed by atoms with Crippen LogP contribution in [-0.4, -0.2) is 30.2 Å². The van der Waals surface area contributed by atoms with Gasteiger partial charge < -0.3 is 9.64 Å². The summed E-state index contributed by atoms with van der Waals surface area (Å²) in [5.41, 5.74) is 2.43. The van der Waals surface area contributed by atoms with Gasteiger partial charge in [-0.2, -0.15) is 0 Å². The second-order valence-corrected chi connectivity index (χ2v) is 9.01. The Labute approximate surface area is 198 Å². The third-order valence-electron chi connectivity index (χ3n) is 6.94. The normalized spacial score (nSPS) is 24.0. The minimum absolute atomic E-state index is 0.0973. The zero-order valence-electron chi connectivity index (χ0n) is 19.0. The molecule has 0 saturated carbocycles. The highest BCUT2D eigenvalue weighted by Gasteiger charge is 2.47. The fourth-order valence-corrected chi connectivity index (χ4v) is 4.94. The summed E-state index contributed by atoms with van der Waals surface area (Å²) in [6.07, 6.45) is 6.09. The van der Waals surface area contributed by atoms with E-state index in [-0.39, 0.29) is 42.5 Å². The number of amides is 3. The molecule has 34 heavy (non-hydrogen) atoms. The van der Waals surface area contributed by atoms with Crippen molar-refractivity contribution >= 4 is 35.1 Å². The molecule has 0 N–H and O–H groups in total. The first-order chi connectivity index (χ1) is 16.5. The molecule has 7 nitrogen and oxygen atoms in total. The summed E-state index contributed by atoms with van der Waals surface area (Å²) < 4.78 is 5.52. The van der Waals surface area contributed by atoms with Crippen molar-refractivity contribution in [3.8, 4) is 5.75 Å². The van der Waals surface area contributed by atoms with E-state index in [1.54, 1.807) is 29.2 Å². The molecule has 2 heterocycles. The topological polar surface area (TPSA) is 84.0 Å². The Morgan fingerprint density at radius 2 is 1.47 bits per heavy atom. The van der Waals surface area contributed by atoms with E-state index in [0.29, 0.717) is 24.3 Å². The molecule has 2 fully saturated rings. The Hall–Kier alpha value is -3.74. The maximum absolute atomic E-state index is 12.8. The minimum atomic E-state index is -0.560. The summed E-state index contributed by atoms with van der Waals surface area (Å²) in [6, 6.07) is 14.1. The molecule has 3 atom stereocenters. The first-order valence-corrected chi connectivity index (χ1v) is 11.7. The van der Waals surface area contributed by atoms with Crippen LogP contribution in [0.1, 0.15) is 31.7 Å². The number of benzene rings is 2. The first kappa shape index (κ1) is 22.1. The van der Waals surface area contributed by atoms with Crippen molar-refractivity contribution in [2.75, 3.05) is 16.3 Å². The number of imide groups is 1. The number of fused-ring (bicyclic) bond motifs is 1. The number of esters is 1. The van der Waals surface area contributed by atoms with Gasteiger partial charge in [0.2, 0.25) is 17.7 Å². The number of hydrogen-bond acceptors (Lipinski definition) is 5. The molecule has 1 aliphatic carbocycles. The van der Waals surface area contributed by atoms with Crippen LogP contribution in [0.15, 0.2) is 60.7 Å². The van der Waals surface area contributed by atoms with Gasteiger partial charge in [0.15, 0.2) is 0 Å². The zero-order valence-corrected chi connectivity index (χ0v) is 19.0. The standard InChI is InChI=1S/C27H26N2O5/c1-2-17-7-9-19(10-8-17)28-16-18(15-24(28)30)27(33)34-21-13-11-20(12-14-21)29-25(31)22-5-3-4-6-23(22)26(29)32/h3-4,7-14,18,22-23H,2,5-6,15-16H2,1H3/t18-,22-,23+/m0/s1. The number of carbonyl (C=O) groups is 4. The summed E-state index contributed by atoms with van der Waals surface area (Å²) in [5.74, 6) is -1.78. The van der Waals surface area contributed by atoms with Crippen LogP contribution >= 0.6 is 0 Å². The van der Waals surface area contributed by atoms with Gasteiger partial charge in [0.05, 0.1) is 23.4 Å². The quantitative estimate of drug-likeness (QED) is 0.296. The van der Waals surface area contributed by atoms with Gasteiger partial charge in [-0.25, -0.2) is 0 Å². The molecule has 0 spiro atoms. The van der Waals surface area contributed by atoms with Gasteiger partial charge in [-0.3, -0.25) is 24.1 Å². The fourth-order valence-electron chi connectivity index (χ4n) is 4.94. The third kappa shape index (κ3) is 3.91. The lowest BCUT2D eigenvalue weighted by Crippen LogP contribution is -2.30. The molecule has 0 unspecified atom stereocenters. The second-order valence-electron chi connectivity index (χ2n) is 9.01. The fraction of sp³-hybridized carbons (Fsp3) is 0.333. The van der Waals surface area contributed by atoms with Crippen molar-refractivity contribution in [2.45, 2.75) is 32.6 Å². The van der Waals surface area contributed by atoms with Gasteiger partial charge in [-0.05, 0) is 61.2 Å². The van der Waals surface area contributed by atoms with Gasteiger partial charge in [-0.1, -0.05) is 31.2 Å². The average molecular weight is 459 g/mol. The Morgan fingerprint density at radius 1 is 0.882 bits per heavy atom. The molecule has 5 rings (SSSR count). The van der Waals surface area contributed by atoms with E-state index in [9.17, 15) is 19.2 Å². The second kappa shape index (κ2) is 8.89. The third-order valence-corrected chi connectivity index (χ3v) is 6.94. The van der Waals surface area contributed by atoms with Gasteiger partial charge >= 0.3 is 5.97 Å². The number of nitrogens with zero attached hydrogens (tertiary/aromatic N) is 2. The number of rotatable bonds is 5. The Bertz CT molecular complexity index is 1140. The smallest absolute Gasteiger partial charge is 0.316 e. The van der Waals surface area contributed by atoms with Gasteiger partial charge in [0.1, 0.15) is 5.75 Å². The molecule has 0 radical (unpaired) electrons. The zero-order chi connectivity index (χ0) is 23.8. The Morgan fingerprint density at radius 3 is 2.06 bits per heavy atom. The van der Waals surface area contributed by atoms with Crippen molar-refractivity contribution in [3.05, 3.63) is 66.2 Å². The SMILES string of the molecule is CCc1ccc(N2C[C@@H](C(=O)Oc3ccc(N4C(=O)[C@H]5CC=CC[C@H]5C4=O)cc3)CC2=O)cc1. The lowest BCUT2D eigenvalue weighted by atomic mass is 9.85. The highest BCUT2D eigenvalue weighted by atomic mass is 16.5. The van der Waals surface area contributed by atoms with Crippen LogP contribution in [0.5, 0.6) is 5.75 Å². The molecular formula is C27H26N2O5. The predicted octanol–water partition coefficient (Wildman–Crippen LogP) is 3.66. The Balaban J connectivity index is 1.23. The number of anilines is 2. The number of hydrogen-bond donors (Lipinski definition) is 0. The lowest BCUT2D eigenvalue weighted by Gasteiger charge is -2.17. The summed E-state index contributed by atoms with van der Waals surface area (Å²) in [7, 11) is 0. The van der Waals surface area contributed by atoms with Crippen molar-refractivity contribution in [1.82, 2.24) is 0 Å². The van der Waals surface area contributed by atoms with Crippen molar-refractivity contribution in [3.63, 3.8) is 0 Å². The van der Waals surface area contributed by atoms with E-state index in [1.165, 1.54) is 10.5 Å². The number of aryl methyl sites for hydroxylation is 1. The maximum atomic E-state index is 12.8. The molecule has 2 aromatic rings. The summed E-state index contributed by atoms with van der Waals surface area (Å²) >= 11 is 0. The largest absolute Gasteiger partial charge is 0.426 e. The van der Waals surface area contributed by atoms with Crippen molar-refractivity contribution < 1.29 is 23.9 Å². The molecule has 2 saturated heterocycles. The molecule has 2 aromatic carbocycles. The highest BCUT2D eigenvalue weighted by molar-refractivity contribution is 6.22. The van der Waals surface area contributed by atoms with Crippen LogP contribution in [-0.2, 0) is 25.6 Å². The predicted molar refractivity (Wildman–Crippen MR) is 126 cm³/mol. The molecule has 7 heteroatoms. The maximum Gasteiger partial charge on any atom is 0.316 e. The monoisotopic (exact) mass is 458 g/mol. The molecule has 0 bridgehead atoms. The van der Waals surface area contributed by atoms with E-state index in [4.69, 9.17) is 4.74 Å². The number of carbonyl (C=O) groups excluding carboxylic acids is 4. The van der Waals surface area contributed by atoms with Crippen molar-refractivity contribution in [2.24, 2.45) is 17.8 Å². The van der Waals surface area contributed by atoms with Gasteiger partial charge in [0.25, 0.3) is 0 Å². The van der Waals surface area contributed by atoms with Crippen LogP contribution in [0, 0.1) is 17.8 Å². The molecular weight excluding hydrogens is 432 g/mol. The highest BCUT2D eigenvalue weighted by Crippen LogP contribution is 2.38. The lowest BCUT2D eigenvalue weighted by molar-refractivity contribution is -0.139. The van der Waals surface area contributed by atoms with Crippen LogP contribution in [0.4, 0.5) is 11.4 Å². The van der Waals surface area contributed by atoms with Crippen LogP contribution in [0.25, 0.3) is 0 Å². The van der Waals surface area contributed by atoms with E-state index in [0.717, 1.165) is 12.1 Å². The van der Waals surface area contributed by atoms with Crippen molar-refractivity contribution in [1.29, 1.82) is 0 Å². The van der Waals surface area contributed by atoms with Gasteiger partial charge in [-0.15, -0.1) is 0 Å². The van der Waals surface area contributed by atoms with E-state index in [1.807, 2.05) is 36.4 Å². The van der Waals surface area contributed by atoms with E-state index in [2.05, 4.69) is 6.92 Å². The first-order valence-electron chi connectivity index (χ1n) is 11.7.